The molecule has 0 aliphatic rings. The Kier molecular flexibility index (Phi) is 4.42. The van der Waals surface area contributed by atoms with Gasteiger partial charge in [-0.25, -0.2) is 0 Å². The molecule has 0 unspecified atom stereocenters. The molecular formula is C10H17N3O3. The summed E-state index contributed by atoms with van der Waals surface area (Å²) >= 11 is 0. The Morgan fingerprint density at radius 2 is 2.25 bits per heavy atom. The Morgan fingerprint density at radius 3 is 2.69 bits per heavy atom. The van der Waals surface area contributed by atoms with Crippen LogP contribution in [0, 0.1) is 0 Å². The first kappa shape index (κ1) is 12.6. The van der Waals surface area contributed by atoms with Gasteiger partial charge in [-0.2, -0.15) is 4.98 Å². The zero-order chi connectivity index (χ0) is 12.1. The summed E-state index contributed by atoms with van der Waals surface area (Å²) in [6, 6.07) is 0. The molecule has 0 atom stereocenters. The molecule has 1 heterocycles. The van der Waals surface area contributed by atoms with E-state index in [2.05, 4.69) is 10.1 Å². The van der Waals surface area contributed by atoms with Crippen molar-refractivity contribution in [3.05, 3.63) is 11.7 Å². The van der Waals surface area contributed by atoms with Gasteiger partial charge in [0.2, 0.25) is 5.89 Å². The number of carboxylic acids is 1. The quantitative estimate of drug-likeness (QED) is 0.783. The summed E-state index contributed by atoms with van der Waals surface area (Å²) in [4.78, 5) is 16.5. The minimum Gasteiger partial charge on any atom is -0.480 e. The largest absolute Gasteiger partial charge is 0.480 e. The summed E-state index contributed by atoms with van der Waals surface area (Å²) in [6.45, 7) is 6.83. The van der Waals surface area contributed by atoms with Crippen LogP contribution in [0.1, 0.15) is 38.4 Å². The van der Waals surface area contributed by atoms with E-state index in [1.54, 1.807) is 4.90 Å². The van der Waals surface area contributed by atoms with Gasteiger partial charge in [-0.05, 0) is 6.54 Å². The minimum atomic E-state index is -0.856. The van der Waals surface area contributed by atoms with E-state index < -0.39 is 5.97 Å². The van der Waals surface area contributed by atoms with E-state index in [1.807, 2.05) is 20.8 Å². The lowest BCUT2D eigenvalue weighted by Crippen LogP contribution is -2.29. The van der Waals surface area contributed by atoms with Crippen molar-refractivity contribution in [1.29, 1.82) is 0 Å². The Morgan fingerprint density at radius 1 is 1.56 bits per heavy atom. The number of likely N-dealkylation sites (N-methyl/N-ethyl adjacent to an activating group) is 1. The van der Waals surface area contributed by atoms with Gasteiger partial charge >= 0.3 is 5.97 Å². The van der Waals surface area contributed by atoms with Crippen molar-refractivity contribution in [3.8, 4) is 0 Å². The summed E-state index contributed by atoms with van der Waals surface area (Å²) in [5, 5.41) is 12.5. The second kappa shape index (κ2) is 5.60. The van der Waals surface area contributed by atoms with Gasteiger partial charge in [0, 0.05) is 5.92 Å². The topological polar surface area (TPSA) is 79.5 Å². The fraction of sp³-hybridized carbons (Fsp3) is 0.700. The van der Waals surface area contributed by atoms with Gasteiger partial charge in [0.15, 0.2) is 5.82 Å². The molecule has 0 bridgehead atoms. The normalized spacial score (nSPS) is 11.3. The number of aliphatic carboxylic acids is 1. The number of aromatic nitrogens is 2. The van der Waals surface area contributed by atoms with Crippen molar-refractivity contribution in [2.75, 3.05) is 13.1 Å². The Balaban J connectivity index is 2.59. The second-order valence-electron chi connectivity index (χ2n) is 3.90. The summed E-state index contributed by atoms with van der Waals surface area (Å²) in [6.07, 6.45) is 0. The molecule has 0 aliphatic carbocycles. The molecule has 0 aromatic carbocycles. The standard InChI is InChI=1S/C10H17N3O3/c1-4-13(6-9(14)15)5-8-11-10(7(2)3)12-16-8/h7H,4-6H2,1-3H3,(H,14,15). The van der Waals surface area contributed by atoms with E-state index in [0.717, 1.165) is 0 Å². The van der Waals surface area contributed by atoms with Crippen LogP contribution in [0.2, 0.25) is 0 Å². The van der Waals surface area contributed by atoms with Gasteiger partial charge in [0.1, 0.15) is 0 Å². The monoisotopic (exact) mass is 227 g/mol. The third-order valence-corrected chi connectivity index (χ3v) is 2.17. The number of rotatable bonds is 6. The highest BCUT2D eigenvalue weighted by Crippen LogP contribution is 2.10. The van der Waals surface area contributed by atoms with Crippen LogP contribution >= 0.6 is 0 Å². The molecule has 1 rings (SSSR count). The van der Waals surface area contributed by atoms with Gasteiger partial charge in [-0.3, -0.25) is 9.69 Å². The van der Waals surface area contributed by atoms with Gasteiger partial charge in [0.25, 0.3) is 0 Å². The second-order valence-corrected chi connectivity index (χ2v) is 3.90. The molecule has 16 heavy (non-hydrogen) atoms. The average Bonchev–Trinajstić information content (AvgIpc) is 2.64. The van der Waals surface area contributed by atoms with Crippen LogP contribution in [-0.2, 0) is 11.3 Å². The van der Waals surface area contributed by atoms with Gasteiger partial charge in [-0.15, -0.1) is 0 Å². The molecule has 0 fully saturated rings. The van der Waals surface area contributed by atoms with E-state index in [9.17, 15) is 4.79 Å². The van der Waals surface area contributed by atoms with Crippen LogP contribution in [0.4, 0.5) is 0 Å². The molecule has 1 aromatic heterocycles. The predicted molar refractivity (Wildman–Crippen MR) is 57.0 cm³/mol. The minimum absolute atomic E-state index is 0.0180. The van der Waals surface area contributed by atoms with E-state index in [4.69, 9.17) is 9.63 Å². The van der Waals surface area contributed by atoms with Gasteiger partial charge in [0.05, 0.1) is 13.1 Å². The third kappa shape index (κ3) is 3.62. The summed E-state index contributed by atoms with van der Waals surface area (Å²) < 4.78 is 5.04. The Labute approximate surface area is 94.3 Å². The van der Waals surface area contributed by atoms with Crippen LogP contribution in [0.3, 0.4) is 0 Å². The maximum Gasteiger partial charge on any atom is 0.317 e. The van der Waals surface area contributed by atoms with Crippen molar-refractivity contribution in [2.24, 2.45) is 0 Å². The molecule has 6 heteroatoms. The molecule has 0 spiro atoms. The summed E-state index contributed by atoms with van der Waals surface area (Å²) in [7, 11) is 0. The smallest absolute Gasteiger partial charge is 0.317 e. The molecular weight excluding hydrogens is 210 g/mol. The molecule has 1 aromatic rings. The maximum absolute atomic E-state index is 10.6. The van der Waals surface area contributed by atoms with Crippen molar-refractivity contribution < 1.29 is 14.4 Å². The Bertz CT molecular complexity index is 349. The highest BCUT2D eigenvalue weighted by atomic mass is 16.5. The third-order valence-electron chi connectivity index (χ3n) is 2.17. The number of hydrogen-bond donors (Lipinski definition) is 1. The van der Waals surface area contributed by atoms with Crippen molar-refractivity contribution in [1.82, 2.24) is 15.0 Å². The zero-order valence-electron chi connectivity index (χ0n) is 9.80. The molecule has 0 saturated heterocycles. The van der Waals surface area contributed by atoms with Crippen molar-refractivity contribution in [2.45, 2.75) is 33.2 Å². The predicted octanol–water partition coefficient (Wildman–Crippen LogP) is 1.10. The number of hydrogen-bond acceptors (Lipinski definition) is 5. The van der Waals surface area contributed by atoms with E-state index in [1.165, 1.54) is 0 Å². The van der Waals surface area contributed by atoms with Crippen LogP contribution in [0.25, 0.3) is 0 Å². The molecule has 1 N–H and O–H groups in total. The van der Waals surface area contributed by atoms with Crippen molar-refractivity contribution in [3.63, 3.8) is 0 Å². The molecule has 0 amide bonds. The van der Waals surface area contributed by atoms with E-state index in [0.29, 0.717) is 24.8 Å². The highest BCUT2D eigenvalue weighted by Gasteiger charge is 2.14. The maximum atomic E-state index is 10.6. The van der Waals surface area contributed by atoms with Gasteiger partial charge < -0.3 is 9.63 Å². The SMILES string of the molecule is CCN(CC(=O)O)Cc1nc(C(C)C)no1. The number of nitrogens with zero attached hydrogens (tertiary/aromatic N) is 3. The number of carboxylic acid groups (broad SMARTS) is 1. The zero-order valence-corrected chi connectivity index (χ0v) is 9.80. The van der Waals surface area contributed by atoms with Crippen LogP contribution in [-0.4, -0.2) is 39.2 Å². The lowest BCUT2D eigenvalue weighted by atomic mass is 10.2. The van der Waals surface area contributed by atoms with Crippen molar-refractivity contribution >= 4 is 5.97 Å². The fourth-order valence-electron chi connectivity index (χ4n) is 1.23. The van der Waals surface area contributed by atoms with Crippen LogP contribution < -0.4 is 0 Å². The summed E-state index contributed by atoms with van der Waals surface area (Å²) in [5.41, 5.74) is 0. The van der Waals surface area contributed by atoms with E-state index in [-0.39, 0.29) is 12.5 Å². The molecule has 0 radical (unpaired) electrons. The first-order chi connectivity index (χ1) is 7.52. The van der Waals surface area contributed by atoms with E-state index >= 15 is 0 Å². The lowest BCUT2D eigenvalue weighted by molar-refractivity contribution is -0.138. The molecule has 90 valence electrons. The Hall–Kier alpha value is -1.43. The number of carbonyl (C=O) groups is 1. The molecule has 0 aliphatic heterocycles. The summed E-state index contributed by atoms with van der Waals surface area (Å²) in [5.74, 6) is 0.477. The van der Waals surface area contributed by atoms with Gasteiger partial charge in [-0.1, -0.05) is 25.9 Å². The van der Waals surface area contributed by atoms with Crippen LogP contribution in [0.5, 0.6) is 0 Å². The fourth-order valence-corrected chi connectivity index (χ4v) is 1.23. The molecule has 6 nitrogen and oxygen atoms in total. The van der Waals surface area contributed by atoms with Crippen LogP contribution in [0.15, 0.2) is 4.52 Å². The highest BCUT2D eigenvalue weighted by molar-refractivity contribution is 5.69. The molecule has 0 saturated carbocycles. The average molecular weight is 227 g/mol. The first-order valence-corrected chi connectivity index (χ1v) is 5.29. The first-order valence-electron chi connectivity index (χ1n) is 5.29. The lowest BCUT2D eigenvalue weighted by Gasteiger charge is -2.14.